The number of halogens is 1. The van der Waals surface area contributed by atoms with Gasteiger partial charge in [-0.1, -0.05) is 18.5 Å². The number of carbonyl (C=O) groups excluding carboxylic acids is 1. The molecule has 6 heteroatoms. The number of amides is 1. The number of hydrogen-bond donors (Lipinski definition) is 2. The normalized spacial score (nSPS) is 21.7. The summed E-state index contributed by atoms with van der Waals surface area (Å²) in [5.74, 6) is -1.38. The fraction of sp³-hybridized carbons (Fsp3) is 0.429. The predicted molar refractivity (Wildman–Crippen MR) is 75.2 cm³/mol. The Bertz CT molecular complexity index is 532. The van der Waals surface area contributed by atoms with Crippen molar-refractivity contribution in [1.29, 1.82) is 0 Å². The molecule has 2 rings (SSSR count). The lowest BCUT2D eigenvalue weighted by atomic mass is 9.98. The summed E-state index contributed by atoms with van der Waals surface area (Å²) in [7, 11) is 0. The maximum Gasteiger partial charge on any atom is 0.337 e. The van der Waals surface area contributed by atoms with E-state index in [1.54, 1.807) is 0 Å². The van der Waals surface area contributed by atoms with Gasteiger partial charge in [-0.05, 0) is 31.0 Å². The van der Waals surface area contributed by atoms with E-state index in [-0.39, 0.29) is 28.5 Å². The van der Waals surface area contributed by atoms with Crippen LogP contribution in [0.4, 0.5) is 5.69 Å². The molecule has 0 aliphatic carbocycles. The van der Waals surface area contributed by atoms with Gasteiger partial charge in [-0.15, -0.1) is 0 Å². The largest absolute Gasteiger partial charge is 0.478 e. The van der Waals surface area contributed by atoms with Gasteiger partial charge in [0.2, 0.25) is 5.91 Å². The molecule has 2 N–H and O–H groups in total. The van der Waals surface area contributed by atoms with Crippen molar-refractivity contribution < 1.29 is 19.4 Å². The molecular weight excluding hydrogens is 282 g/mol. The number of anilines is 1. The first-order valence-electron chi connectivity index (χ1n) is 6.48. The average molecular weight is 298 g/mol. The number of aromatic carboxylic acids is 1. The lowest BCUT2D eigenvalue weighted by molar-refractivity contribution is -0.121. The number of rotatable bonds is 4. The van der Waals surface area contributed by atoms with Gasteiger partial charge in [0.15, 0.2) is 0 Å². The standard InChI is InChI=1S/C14H16ClNO4/c1-2-12-10(5-6-20-12)13(17)16-8-3-4-9(14(18)19)11(15)7-8/h3-4,7,10,12H,2,5-6H2,1H3,(H,16,17)(H,18,19). The highest BCUT2D eigenvalue weighted by atomic mass is 35.5. The molecule has 2 atom stereocenters. The molecule has 1 heterocycles. The molecule has 0 aromatic heterocycles. The van der Waals surface area contributed by atoms with E-state index in [1.165, 1.54) is 18.2 Å². The van der Waals surface area contributed by atoms with Crippen LogP contribution in [0.5, 0.6) is 0 Å². The fourth-order valence-corrected chi connectivity index (χ4v) is 2.61. The first-order chi connectivity index (χ1) is 9.52. The summed E-state index contributed by atoms with van der Waals surface area (Å²) in [5.41, 5.74) is 0.507. The molecule has 1 saturated heterocycles. The van der Waals surface area contributed by atoms with Crippen LogP contribution in [0.1, 0.15) is 30.1 Å². The van der Waals surface area contributed by atoms with Gasteiger partial charge < -0.3 is 15.2 Å². The third-order valence-corrected chi connectivity index (χ3v) is 3.73. The molecule has 1 aromatic carbocycles. The van der Waals surface area contributed by atoms with Crippen LogP contribution in [0.15, 0.2) is 18.2 Å². The van der Waals surface area contributed by atoms with Crippen LogP contribution in [0.2, 0.25) is 5.02 Å². The Hall–Kier alpha value is -1.59. The zero-order valence-corrected chi connectivity index (χ0v) is 11.8. The third-order valence-electron chi connectivity index (χ3n) is 3.42. The van der Waals surface area contributed by atoms with E-state index in [4.69, 9.17) is 21.4 Å². The van der Waals surface area contributed by atoms with Gasteiger partial charge in [0, 0.05) is 12.3 Å². The summed E-state index contributed by atoms with van der Waals surface area (Å²) >= 11 is 5.87. The molecule has 20 heavy (non-hydrogen) atoms. The Morgan fingerprint density at radius 3 is 2.85 bits per heavy atom. The number of ether oxygens (including phenoxy) is 1. The Morgan fingerprint density at radius 1 is 1.50 bits per heavy atom. The van der Waals surface area contributed by atoms with Gasteiger partial charge in [-0.2, -0.15) is 0 Å². The Labute approximate surface area is 121 Å². The van der Waals surface area contributed by atoms with Crippen molar-refractivity contribution in [3.05, 3.63) is 28.8 Å². The molecular formula is C14H16ClNO4. The Kier molecular flexibility index (Phi) is 4.62. The second kappa shape index (κ2) is 6.24. The second-order valence-electron chi connectivity index (χ2n) is 4.70. The zero-order valence-electron chi connectivity index (χ0n) is 11.1. The van der Waals surface area contributed by atoms with Crippen LogP contribution in [0, 0.1) is 5.92 Å². The first-order valence-corrected chi connectivity index (χ1v) is 6.86. The molecule has 0 spiro atoms. The number of hydrogen-bond acceptors (Lipinski definition) is 3. The summed E-state index contributed by atoms with van der Waals surface area (Å²) in [5, 5.41) is 11.8. The van der Waals surface area contributed by atoms with E-state index < -0.39 is 5.97 Å². The van der Waals surface area contributed by atoms with E-state index in [0.29, 0.717) is 18.7 Å². The predicted octanol–water partition coefficient (Wildman–Crippen LogP) is 2.79. The van der Waals surface area contributed by atoms with Crippen LogP contribution in [0.3, 0.4) is 0 Å². The van der Waals surface area contributed by atoms with E-state index in [1.807, 2.05) is 6.92 Å². The maximum absolute atomic E-state index is 12.2. The van der Waals surface area contributed by atoms with Gasteiger partial charge in [-0.25, -0.2) is 4.79 Å². The quantitative estimate of drug-likeness (QED) is 0.896. The third kappa shape index (κ3) is 3.11. The van der Waals surface area contributed by atoms with Crippen molar-refractivity contribution in [2.75, 3.05) is 11.9 Å². The summed E-state index contributed by atoms with van der Waals surface area (Å²) < 4.78 is 5.48. The average Bonchev–Trinajstić information content (AvgIpc) is 2.86. The molecule has 1 fully saturated rings. The molecule has 108 valence electrons. The van der Waals surface area contributed by atoms with Crippen molar-refractivity contribution in [1.82, 2.24) is 0 Å². The van der Waals surface area contributed by atoms with Gasteiger partial charge >= 0.3 is 5.97 Å². The summed E-state index contributed by atoms with van der Waals surface area (Å²) in [6.07, 6.45) is 1.44. The van der Waals surface area contributed by atoms with Crippen LogP contribution in [-0.2, 0) is 9.53 Å². The van der Waals surface area contributed by atoms with Crippen LogP contribution in [0.25, 0.3) is 0 Å². The van der Waals surface area contributed by atoms with Gasteiger partial charge in [0.25, 0.3) is 0 Å². The maximum atomic E-state index is 12.2. The number of nitrogens with one attached hydrogen (secondary N) is 1. The lowest BCUT2D eigenvalue weighted by Gasteiger charge is -2.16. The summed E-state index contributed by atoms with van der Waals surface area (Å²) in [6.45, 7) is 2.57. The van der Waals surface area contributed by atoms with Crippen LogP contribution < -0.4 is 5.32 Å². The van der Waals surface area contributed by atoms with E-state index in [0.717, 1.165) is 6.42 Å². The molecule has 1 aliphatic rings. The number of carboxylic acid groups (broad SMARTS) is 1. The SMILES string of the molecule is CCC1OCCC1C(=O)Nc1ccc(C(=O)O)c(Cl)c1. The summed E-state index contributed by atoms with van der Waals surface area (Å²) in [6, 6.07) is 4.35. The summed E-state index contributed by atoms with van der Waals surface area (Å²) in [4.78, 5) is 23.0. The minimum absolute atomic E-state index is 0.0142. The zero-order chi connectivity index (χ0) is 14.7. The Morgan fingerprint density at radius 2 is 2.25 bits per heavy atom. The fourth-order valence-electron chi connectivity index (χ4n) is 2.35. The van der Waals surface area contributed by atoms with Gasteiger partial charge in [0.05, 0.1) is 22.6 Å². The highest BCUT2D eigenvalue weighted by Gasteiger charge is 2.32. The van der Waals surface area contributed by atoms with Crippen LogP contribution in [-0.4, -0.2) is 29.7 Å². The van der Waals surface area contributed by atoms with Crippen molar-refractivity contribution >= 4 is 29.2 Å². The highest BCUT2D eigenvalue weighted by molar-refractivity contribution is 6.33. The van der Waals surface area contributed by atoms with E-state index >= 15 is 0 Å². The minimum atomic E-state index is -1.09. The monoisotopic (exact) mass is 297 g/mol. The van der Waals surface area contributed by atoms with Crippen molar-refractivity contribution in [3.63, 3.8) is 0 Å². The lowest BCUT2D eigenvalue weighted by Crippen LogP contribution is -2.29. The van der Waals surface area contributed by atoms with Crippen LogP contribution >= 0.6 is 11.6 Å². The molecule has 1 aliphatic heterocycles. The molecule has 0 radical (unpaired) electrons. The van der Waals surface area contributed by atoms with Crippen molar-refractivity contribution in [3.8, 4) is 0 Å². The molecule has 2 unspecified atom stereocenters. The Balaban J connectivity index is 2.08. The minimum Gasteiger partial charge on any atom is -0.478 e. The molecule has 1 amide bonds. The van der Waals surface area contributed by atoms with Crippen molar-refractivity contribution in [2.45, 2.75) is 25.9 Å². The topological polar surface area (TPSA) is 75.6 Å². The van der Waals surface area contributed by atoms with Gasteiger partial charge in [0.1, 0.15) is 0 Å². The van der Waals surface area contributed by atoms with Gasteiger partial charge in [-0.3, -0.25) is 4.79 Å². The first kappa shape index (κ1) is 14.8. The number of carboxylic acids is 1. The smallest absolute Gasteiger partial charge is 0.337 e. The van der Waals surface area contributed by atoms with E-state index in [2.05, 4.69) is 5.32 Å². The van der Waals surface area contributed by atoms with E-state index in [9.17, 15) is 9.59 Å². The molecule has 0 bridgehead atoms. The molecule has 1 aromatic rings. The number of carbonyl (C=O) groups is 2. The second-order valence-corrected chi connectivity index (χ2v) is 5.11. The molecule has 0 saturated carbocycles. The highest BCUT2D eigenvalue weighted by Crippen LogP contribution is 2.26. The van der Waals surface area contributed by atoms with Crippen molar-refractivity contribution in [2.24, 2.45) is 5.92 Å². The molecule has 5 nitrogen and oxygen atoms in total. The number of benzene rings is 1.